The van der Waals surface area contributed by atoms with Crippen LogP contribution in [0.3, 0.4) is 0 Å². The van der Waals surface area contributed by atoms with E-state index in [9.17, 15) is 4.79 Å². The predicted molar refractivity (Wildman–Crippen MR) is 78.6 cm³/mol. The minimum absolute atomic E-state index is 0.0889. The average molecular weight is 358 g/mol. The van der Waals surface area contributed by atoms with Gasteiger partial charge in [-0.15, -0.1) is 0 Å². The Morgan fingerprint density at radius 3 is 2.83 bits per heavy atom. The molecule has 0 aliphatic heterocycles. The number of H-pyrrole nitrogens is 1. The van der Waals surface area contributed by atoms with Crippen LogP contribution in [0.5, 0.6) is 0 Å². The minimum Gasteiger partial charge on any atom is -0.326 e. The molecule has 0 spiro atoms. The van der Waals surface area contributed by atoms with E-state index in [-0.39, 0.29) is 11.6 Å². The number of nitrogens with one attached hydrogen (secondary N) is 1. The number of aromatic nitrogens is 4. The van der Waals surface area contributed by atoms with Crippen molar-refractivity contribution in [1.29, 1.82) is 0 Å². The Balaban J connectivity index is 2.61. The van der Waals surface area contributed by atoms with E-state index in [1.165, 1.54) is 0 Å². The summed E-state index contributed by atoms with van der Waals surface area (Å²) in [6.45, 7) is 6.13. The number of imidazole rings is 1. The highest BCUT2D eigenvalue weighted by Gasteiger charge is 2.13. The van der Waals surface area contributed by atoms with Gasteiger partial charge in [-0.1, -0.05) is 6.92 Å². The first-order valence-corrected chi connectivity index (χ1v) is 6.93. The molecule has 0 saturated heterocycles. The quantitative estimate of drug-likeness (QED) is 0.857. The number of rotatable bonds is 3. The fourth-order valence-electron chi connectivity index (χ4n) is 1.76. The third-order valence-electron chi connectivity index (χ3n) is 2.73. The van der Waals surface area contributed by atoms with E-state index in [1.54, 1.807) is 12.5 Å². The van der Waals surface area contributed by atoms with Gasteiger partial charge in [0.25, 0.3) is 5.56 Å². The molecule has 0 aliphatic rings. The maximum atomic E-state index is 11.9. The van der Waals surface area contributed by atoms with Gasteiger partial charge < -0.3 is 9.55 Å². The van der Waals surface area contributed by atoms with Gasteiger partial charge in [0.15, 0.2) is 5.82 Å². The second-order valence-electron chi connectivity index (χ2n) is 4.31. The summed E-state index contributed by atoms with van der Waals surface area (Å²) in [7, 11) is 0. The number of aryl methyl sites for hydroxylation is 1. The van der Waals surface area contributed by atoms with Gasteiger partial charge in [-0.2, -0.15) is 0 Å². The van der Waals surface area contributed by atoms with Crippen LogP contribution in [0.25, 0.3) is 11.5 Å². The number of halogens is 1. The van der Waals surface area contributed by atoms with Crippen LogP contribution in [0, 0.1) is 3.57 Å². The minimum atomic E-state index is -0.0889. The molecule has 2 aromatic heterocycles. The van der Waals surface area contributed by atoms with Gasteiger partial charge in [-0.3, -0.25) is 4.79 Å². The van der Waals surface area contributed by atoms with Crippen molar-refractivity contribution in [3.05, 3.63) is 32.1 Å². The number of nitrogens with zero attached hydrogens (tertiary/aromatic N) is 3. The summed E-state index contributed by atoms with van der Waals surface area (Å²) in [5.41, 5.74) is 1.58. The lowest BCUT2D eigenvalue weighted by atomic mass is 10.3. The predicted octanol–water partition coefficient (Wildman–Crippen LogP) is 2.38. The van der Waals surface area contributed by atoms with E-state index in [1.807, 2.05) is 34.1 Å². The molecule has 0 radical (unpaired) electrons. The maximum Gasteiger partial charge on any atom is 0.264 e. The Bertz CT molecular complexity index is 615. The summed E-state index contributed by atoms with van der Waals surface area (Å²) in [4.78, 5) is 23.3. The van der Waals surface area contributed by atoms with Crippen molar-refractivity contribution in [1.82, 2.24) is 19.5 Å². The lowest BCUT2D eigenvalue weighted by Gasteiger charge is -2.11. The van der Waals surface area contributed by atoms with Gasteiger partial charge in [0.2, 0.25) is 0 Å². The molecule has 0 saturated carbocycles. The van der Waals surface area contributed by atoms with Crippen molar-refractivity contribution in [2.24, 2.45) is 0 Å². The number of hydrogen-bond acceptors (Lipinski definition) is 3. The van der Waals surface area contributed by atoms with Gasteiger partial charge in [-0.25, -0.2) is 9.97 Å². The van der Waals surface area contributed by atoms with Crippen molar-refractivity contribution >= 4 is 22.6 Å². The average Bonchev–Trinajstić information content (AvgIpc) is 2.81. The highest BCUT2D eigenvalue weighted by molar-refractivity contribution is 14.1. The summed E-state index contributed by atoms with van der Waals surface area (Å²) in [5, 5.41) is 0. The number of hydrogen-bond donors (Lipinski definition) is 1. The molecule has 0 fully saturated rings. The Labute approximate surface area is 119 Å². The Kier molecular flexibility index (Phi) is 3.84. The van der Waals surface area contributed by atoms with Crippen LogP contribution in [-0.4, -0.2) is 19.5 Å². The summed E-state index contributed by atoms with van der Waals surface area (Å²) in [6, 6.07) is 0.275. The highest BCUT2D eigenvalue weighted by Crippen LogP contribution is 2.19. The SMILES string of the molecule is CCc1nc(-c2cncn2C(C)C)[nH]c(=O)c1I. The Morgan fingerprint density at radius 1 is 1.50 bits per heavy atom. The largest absolute Gasteiger partial charge is 0.326 e. The molecule has 96 valence electrons. The third-order valence-corrected chi connectivity index (χ3v) is 3.84. The summed E-state index contributed by atoms with van der Waals surface area (Å²) < 4.78 is 2.65. The second kappa shape index (κ2) is 5.21. The van der Waals surface area contributed by atoms with Crippen molar-refractivity contribution in [2.75, 3.05) is 0 Å². The Morgan fingerprint density at radius 2 is 2.22 bits per heavy atom. The Hall–Kier alpha value is -1.18. The molecule has 0 atom stereocenters. The topological polar surface area (TPSA) is 63.6 Å². The van der Waals surface area contributed by atoms with E-state index < -0.39 is 0 Å². The molecule has 2 heterocycles. The first kappa shape index (κ1) is 13.3. The lowest BCUT2D eigenvalue weighted by molar-refractivity contribution is 0.603. The smallest absolute Gasteiger partial charge is 0.264 e. The van der Waals surface area contributed by atoms with Crippen molar-refractivity contribution < 1.29 is 0 Å². The van der Waals surface area contributed by atoms with Crippen molar-refractivity contribution in [3.63, 3.8) is 0 Å². The van der Waals surface area contributed by atoms with Crippen LogP contribution in [0.15, 0.2) is 17.3 Å². The van der Waals surface area contributed by atoms with E-state index in [0.717, 1.165) is 17.8 Å². The molecule has 0 aliphatic carbocycles. The fraction of sp³-hybridized carbons (Fsp3) is 0.417. The molecule has 0 amide bonds. The van der Waals surface area contributed by atoms with E-state index in [2.05, 4.69) is 28.8 Å². The van der Waals surface area contributed by atoms with E-state index in [0.29, 0.717) is 9.39 Å². The first-order valence-electron chi connectivity index (χ1n) is 5.85. The van der Waals surface area contributed by atoms with Crippen LogP contribution < -0.4 is 5.56 Å². The zero-order valence-corrected chi connectivity index (χ0v) is 12.7. The number of aromatic amines is 1. The van der Waals surface area contributed by atoms with Crippen LogP contribution in [-0.2, 0) is 6.42 Å². The van der Waals surface area contributed by atoms with Gasteiger partial charge in [0, 0.05) is 6.04 Å². The lowest BCUT2D eigenvalue weighted by Crippen LogP contribution is -2.17. The summed E-state index contributed by atoms with van der Waals surface area (Å²) >= 11 is 2.03. The van der Waals surface area contributed by atoms with Gasteiger partial charge in [0.05, 0.1) is 21.8 Å². The summed E-state index contributed by atoms with van der Waals surface area (Å²) in [5.74, 6) is 0.587. The second-order valence-corrected chi connectivity index (χ2v) is 5.39. The first-order chi connectivity index (χ1) is 8.54. The van der Waals surface area contributed by atoms with Crippen LogP contribution >= 0.6 is 22.6 Å². The summed E-state index contributed by atoms with van der Waals surface area (Å²) in [6.07, 6.45) is 4.22. The molecule has 0 bridgehead atoms. The molecule has 2 rings (SSSR count). The third kappa shape index (κ3) is 2.33. The molecule has 2 aromatic rings. The van der Waals surface area contributed by atoms with E-state index >= 15 is 0 Å². The van der Waals surface area contributed by atoms with Crippen LogP contribution in [0.2, 0.25) is 0 Å². The molecule has 6 heteroatoms. The molecule has 1 N–H and O–H groups in total. The van der Waals surface area contributed by atoms with Gasteiger partial charge >= 0.3 is 0 Å². The molecule has 5 nitrogen and oxygen atoms in total. The van der Waals surface area contributed by atoms with Gasteiger partial charge in [-0.05, 0) is 42.9 Å². The zero-order chi connectivity index (χ0) is 13.3. The van der Waals surface area contributed by atoms with Gasteiger partial charge in [0.1, 0.15) is 5.69 Å². The van der Waals surface area contributed by atoms with Crippen LogP contribution in [0.1, 0.15) is 32.5 Å². The van der Waals surface area contributed by atoms with Crippen molar-refractivity contribution in [2.45, 2.75) is 33.2 Å². The van der Waals surface area contributed by atoms with E-state index in [4.69, 9.17) is 0 Å². The van der Waals surface area contributed by atoms with Crippen LogP contribution in [0.4, 0.5) is 0 Å². The zero-order valence-electron chi connectivity index (χ0n) is 10.6. The normalized spacial score (nSPS) is 11.2. The molecular weight excluding hydrogens is 343 g/mol. The molecule has 18 heavy (non-hydrogen) atoms. The molecule has 0 aromatic carbocycles. The monoisotopic (exact) mass is 358 g/mol. The highest BCUT2D eigenvalue weighted by atomic mass is 127. The fourth-order valence-corrected chi connectivity index (χ4v) is 2.40. The van der Waals surface area contributed by atoms with Crippen molar-refractivity contribution in [3.8, 4) is 11.5 Å². The maximum absolute atomic E-state index is 11.9. The molecule has 0 unspecified atom stereocenters. The standard InChI is InChI=1S/C12H15IN4O/c1-4-8-10(13)12(18)16-11(15-8)9-5-14-6-17(9)7(2)3/h5-7H,4H2,1-3H3,(H,15,16,18). The molecular formula is C12H15IN4O.